The first-order chi connectivity index (χ1) is 11.4. The monoisotopic (exact) mass is 347 g/mol. The van der Waals surface area contributed by atoms with Crippen LogP contribution in [0.3, 0.4) is 0 Å². The van der Waals surface area contributed by atoms with Crippen LogP contribution in [0.1, 0.15) is 16.8 Å². The number of non-ortho nitro benzene ring substituents is 1. The Kier molecular flexibility index (Phi) is 4.32. The summed E-state index contributed by atoms with van der Waals surface area (Å²) in [6.45, 7) is 1.63. The van der Waals surface area contributed by atoms with Gasteiger partial charge in [-0.15, -0.1) is 0 Å². The first kappa shape index (κ1) is 16.1. The van der Waals surface area contributed by atoms with Crippen LogP contribution in [0.15, 0.2) is 24.4 Å². The highest BCUT2D eigenvalue weighted by Crippen LogP contribution is 2.27. The Morgan fingerprint density at radius 3 is 2.79 bits per heavy atom. The highest BCUT2D eigenvalue weighted by Gasteiger charge is 2.23. The molecular weight excluding hydrogens is 334 g/mol. The predicted molar refractivity (Wildman–Crippen MR) is 87.0 cm³/mol. The topological polar surface area (TPSA) is 118 Å². The van der Waals surface area contributed by atoms with Gasteiger partial charge in [-0.1, -0.05) is 0 Å². The first-order valence-electron chi connectivity index (χ1n) is 7.15. The van der Waals surface area contributed by atoms with Crippen molar-refractivity contribution in [2.45, 2.75) is 19.5 Å². The van der Waals surface area contributed by atoms with Crippen molar-refractivity contribution in [3.8, 4) is 0 Å². The Morgan fingerprint density at radius 1 is 1.29 bits per heavy atom. The molecule has 1 aromatic heterocycles. The Balaban J connectivity index is 1.84. The minimum Gasteiger partial charge on any atom is -0.334 e. The molecule has 124 valence electrons. The van der Waals surface area contributed by atoms with Crippen LogP contribution in [0.4, 0.5) is 11.4 Å². The molecule has 1 aliphatic heterocycles. The summed E-state index contributed by atoms with van der Waals surface area (Å²) in [7, 11) is 0. The van der Waals surface area contributed by atoms with E-state index in [9.17, 15) is 20.2 Å². The van der Waals surface area contributed by atoms with Crippen molar-refractivity contribution in [3.63, 3.8) is 0 Å². The van der Waals surface area contributed by atoms with Crippen LogP contribution in [-0.2, 0) is 19.5 Å². The molecule has 24 heavy (non-hydrogen) atoms. The van der Waals surface area contributed by atoms with E-state index in [1.807, 2.05) is 4.90 Å². The molecule has 1 aliphatic rings. The van der Waals surface area contributed by atoms with Crippen molar-refractivity contribution in [2.75, 3.05) is 6.54 Å². The lowest BCUT2D eigenvalue weighted by molar-refractivity contribution is -0.394. The zero-order chi connectivity index (χ0) is 17.3. The van der Waals surface area contributed by atoms with E-state index >= 15 is 0 Å². The van der Waals surface area contributed by atoms with Gasteiger partial charge in [0.05, 0.1) is 15.9 Å². The Bertz CT molecular complexity index is 882. The maximum absolute atomic E-state index is 11.2. The van der Waals surface area contributed by atoms with Crippen LogP contribution in [0.2, 0.25) is 0 Å². The van der Waals surface area contributed by atoms with Gasteiger partial charge in [-0.05, 0) is 18.3 Å². The standard InChI is InChI=1S/C14H13N5O4S/c20-18(21)11-2-1-9(13(5-11)19(22)23)7-17-4-3-12-10(8-17)6-15-14(24)16-12/h1-2,5-6H,3-4,7-8H2,(H,15,16,24). The van der Waals surface area contributed by atoms with Gasteiger partial charge in [-0.25, -0.2) is 4.98 Å². The van der Waals surface area contributed by atoms with Gasteiger partial charge in [-0.2, -0.15) is 0 Å². The van der Waals surface area contributed by atoms with Crippen molar-refractivity contribution in [2.24, 2.45) is 0 Å². The second-order valence-corrected chi connectivity index (χ2v) is 5.87. The lowest BCUT2D eigenvalue weighted by Crippen LogP contribution is -2.31. The Hall–Kier alpha value is -2.72. The normalized spacial score (nSPS) is 14.2. The highest BCUT2D eigenvalue weighted by atomic mass is 32.1. The number of nitro benzene ring substituents is 2. The van der Waals surface area contributed by atoms with Gasteiger partial charge in [0.25, 0.3) is 11.4 Å². The molecule has 3 rings (SSSR count). The number of H-pyrrole nitrogens is 1. The smallest absolute Gasteiger partial charge is 0.280 e. The van der Waals surface area contributed by atoms with Crippen molar-refractivity contribution in [1.29, 1.82) is 0 Å². The van der Waals surface area contributed by atoms with Crippen molar-refractivity contribution in [1.82, 2.24) is 14.9 Å². The van der Waals surface area contributed by atoms with E-state index in [0.717, 1.165) is 23.7 Å². The fourth-order valence-electron chi connectivity index (χ4n) is 2.75. The lowest BCUT2D eigenvalue weighted by Gasteiger charge is -2.27. The molecule has 0 saturated carbocycles. The van der Waals surface area contributed by atoms with Gasteiger partial charge in [-0.3, -0.25) is 25.1 Å². The van der Waals surface area contributed by atoms with E-state index < -0.39 is 9.85 Å². The number of nitrogens with one attached hydrogen (secondary N) is 1. The largest absolute Gasteiger partial charge is 0.334 e. The minimum absolute atomic E-state index is 0.236. The van der Waals surface area contributed by atoms with Crippen molar-refractivity contribution < 1.29 is 9.85 Å². The van der Waals surface area contributed by atoms with Crippen LogP contribution in [-0.4, -0.2) is 31.3 Å². The number of rotatable bonds is 4. The molecule has 0 amide bonds. The quantitative estimate of drug-likeness (QED) is 0.513. The zero-order valence-electron chi connectivity index (χ0n) is 12.5. The second kappa shape index (κ2) is 6.42. The van der Waals surface area contributed by atoms with Crippen LogP contribution in [0.5, 0.6) is 0 Å². The molecule has 2 heterocycles. The fraction of sp³-hybridized carbons (Fsp3) is 0.286. The number of hydrogen-bond acceptors (Lipinski definition) is 7. The number of fused-ring (bicyclic) bond motifs is 1. The predicted octanol–water partition coefficient (Wildman–Crippen LogP) is 2.51. The maximum atomic E-state index is 11.2. The third-order valence-electron chi connectivity index (χ3n) is 3.93. The summed E-state index contributed by atoms with van der Waals surface area (Å²) in [5.74, 6) is 0. The van der Waals surface area contributed by atoms with Crippen LogP contribution < -0.4 is 0 Å². The van der Waals surface area contributed by atoms with E-state index in [-0.39, 0.29) is 11.4 Å². The molecule has 2 aromatic rings. The number of hydrogen-bond donors (Lipinski definition) is 1. The van der Waals surface area contributed by atoms with Gasteiger partial charge in [0.1, 0.15) is 0 Å². The highest BCUT2D eigenvalue weighted by molar-refractivity contribution is 7.71. The van der Waals surface area contributed by atoms with Crippen LogP contribution in [0.25, 0.3) is 0 Å². The van der Waals surface area contributed by atoms with Gasteiger partial charge in [0.2, 0.25) is 0 Å². The minimum atomic E-state index is -0.637. The van der Waals surface area contributed by atoms with E-state index in [1.165, 1.54) is 12.1 Å². The number of benzene rings is 1. The third-order valence-corrected chi connectivity index (χ3v) is 4.13. The SMILES string of the molecule is O=[N+]([O-])c1ccc(CN2CCc3[nH]c(=S)ncc3C2)c([N+](=O)[O-])c1. The molecule has 0 radical (unpaired) electrons. The molecule has 10 heteroatoms. The van der Waals surface area contributed by atoms with Gasteiger partial charge >= 0.3 is 0 Å². The summed E-state index contributed by atoms with van der Waals surface area (Å²) in [6.07, 6.45) is 2.45. The van der Waals surface area contributed by atoms with E-state index in [0.29, 0.717) is 30.0 Å². The van der Waals surface area contributed by atoms with Crippen LogP contribution >= 0.6 is 12.2 Å². The molecule has 9 nitrogen and oxygen atoms in total. The fourth-order valence-corrected chi connectivity index (χ4v) is 2.93. The average molecular weight is 347 g/mol. The Labute approximate surface area is 141 Å². The van der Waals surface area contributed by atoms with Gasteiger partial charge in [0, 0.05) is 55.1 Å². The van der Waals surface area contributed by atoms with Gasteiger partial charge < -0.3 is 4.98 Å². The molecule has 0 unspecified atom stereocenters. The first-order valence-corrected chi connectivity index (χ1v) is 7.56. The lowest BCUT2D eigenvalue weighted by atomic mass is 10.1. The molecule has 0 aliphatic carbocycles. The number of nitrogens with zero attached hydrogens (tertiary/aromatic N) is 4. The molecule has 0 atom stereocenters. The molecular formula is C14H13N5O4S. The molecule has 0 fully saturated rings. The molecule has 0 bridgehead atoms. The van der Waals surface area contributed by atoms with E-state index in [4.69, 9.17) is 12.2 Å². The van der Waals surface area contributed by atoms with Crippen molar-refractivity contribution >= 4 is 23.6 Å². The third kappa shape index (κ3) is 3.29. The number of aromatic amines is 1. The van der Waals surface area contributed by atoms with Crippen LogP contribution in [0, 0.1) is 25.0 Å². The molecule has 1 aromatic carbocycles. The Morgan fingerprint density at radius 2 is 2.08 bits per heavy atom. The molecule has 1 N–H and O–H groups in total. The van der Waals surface area contributed by atoms with Crippen molar-refractivity contribution in [3.05, 3.63) is 66.2 Å². The molecule has 0 saturated heterocycles. The summed E-state index contributed by atoms with van der Waals surface area (Å²) < 4.78 is 0.438. The summed E-state index contributed by atoms with van der Waals surface area (Å²) in [4.78, 5) is 29.9. The second-order valence-electron chi connectivity index (χ2n) is 5.48. The summed E-state index contributed by atoms with van der Waals surface area (Å²) in [5, 5.41) is 22.0. The van der Waals surface area contributed by atoms with Gasteiger partial charge in [0.15, 0.2) is 4.77 Å². The van der Waals surface area contributed by atoms with E-state index in [1.54, 1.807) is 6.20 Å². The van der Waals surface area contributed by atoms with E-state index in [2.05, 4.69) is 9.97 Å². The zero-order valence-corrected chi connectivity index (χ0v) is 13.3. The number of aromatic nitrogens is 2. The summed E-state index contributed by atoms with van der Waals surface area (Å²) >= 11 is 5.00. The summed E-state index contributed by atoms with van der Waals surface area (Å²) in [5.41, 5.74) is 1.96. The number of nitro groups is 2. The average Bonchev–Trinajstić information content (AvgIpc) is 2.55. The molecule has 0 spiro atoms. The maximum Gasteiger partial charge on any atom is 0.280 e. The summed E-state index contributed by atoms with van der Waals surface area (Å²) in [6, 6.07) is 3.74.